The minimum Gasteiger partial charge on any atom is -0.479 e. The summed E-state index contributed by atoms with van der Waals surface area (Å²) in [6.07, 6.45) is 2.20. The lowest BCUT2D eigenvalue weighted by Gasteiger charge is -2.24. The molecule has 2 fully saturated rings. The number of carboxylic acids is 1. The second-order valence-corrected chi connectivity index (χ2v) is 5.43. The second kappa shape index (κ2) is 4.85. The van der Waals surface area contributed by atoms with Crippen molar-refractivity contribution in [2.45, 2.75) is 50.4 Å². The van der Waals surface area contributed by atoms with E-state index in [2.05, 4.69) is 5.32 Å². The third kappa shape index (κ3) is 2.81. The Bertz CT molecular complexity index is 352. The molecule has 4 N–H and O–H groups in total. The maximum absolute atomic E-state index is 11.9. The average molecular weight is 256 g/mol. The van der Waals surface area contributed by atoms with Crippen molar-refractivity contribution in [2.24, 2.45) is 11.7 Å². The van der Waals surface area contributed by atoms with E-state index in [-0.39, 0.29) is 17.9 Å². The Morgan fingerprint density at radius 3 is 2.56 bits per heavy atom. The SMILES string of the molecule is CC(N)(C(=O)NCC1CCC(C(=O)O)O1)C1CC1. The molecule has 1 saturated carbocycles. The molecule has 1 aliphatic heterocycles. The number of amides is 1. The monoisotopic (exact) mass is 256 g/mol. The number of nitrogens with one attached hydrogen (secondary N) is 1. The third-order valence-corrected chi connectivity index (χ3v) is 3.79. The number of carbonyl (C=O) groups excluding carboxylic acids is 1. The first-order valence-electron chi connectivity index (χ1n) is 6.36. The summed E-state index contributed by atoms with van der Waals surface area (Å²) in [7, 11) is 0. The zero-order valence-corrected chi connectivity index (χ0v) is 10.5. The van der Waals surface area contributed by atoms with E-state index in [0.29, 0.717) is 19.4 Å². The fourth-order valence-electron chi connectivity index (χ4n) is 2.30. The van der Waals surface area contributed by atoms with Gasteiger partial charge in [0.1, 0.15) is 0 Å². The Morgan fingerprint density at radius 1 is 1.39 bits per heavy atom. The highest BCUT2D eigenvalue weighted by Gasteiger charge is 2.44. The summed E-state index contributed by atoms with van der Waals surface area (Å²) in [5.41, 5.74) is 5.16. The molecule has 0 bridgehead atoms. The Kier molecular flexibility index (Phi) is 3.59. The number of nitrogens with two attached hydrogens (primary N) is 1. The fraction of sp³-hybridized carbons (Fsp3) is 0.833. The first-order chi connectivity index (χ1) is 8.41. The van der Waals surface area contributed by atoms with E-state index in [1.807, 2.05) is 0 Å². The smallest absolute Gasteiger partial charge is 0.332 e. The molecule has 0 spiro atoms. The van der Waals surface area contributed by atoms with Gasteiger partial charge >= 0.3 is 5.97 Å². The lowest BCUT2D eigenvalue weighted by molar-refractivity contribution is -0.149. The largest absolute Gasteiger partial charge is 0.479 e. The van der Waals surface area contributed by atoms with Crippen LogP contribution >= 0.6 is 0 Å². The minimum absolute atomic E-state index is 0.174. The van der Waals surface area contributed by atoms with Crippen LogP contribution in [0.15, 0.2) is 0 Å². The highest BCUT2D eigenvalue weighted by atomic mass is 16.5. The Morgan fingerprint density at radius 2 is 2.06 bits per heavy atom. The van der Waals surface area contributed by atoms with E-state index < -0.39 is 17.6 Å². The molecule has 6 heteroatoms. The average Bonchev–Trinajstić information content (AvgIpc) is 3.06. The van der Waals surface area contributed by atoms with E-state index in [0.717, 1.165) is 12.8 Å². The van der Waals surface area contributed by atoms with Crippen LogP contribution in [0.3, 0.4) is 0 Å². The van der Waals surface area contributed by atoms with Gasteiger partial charge in [-0.05, 0) is 38.5 Å². The van der Waals surface area contributed by atoms with E-state index in [9.17, 15) is 9.59 Å². The fourth-order valence-corrected chi connectivity index (χ4v) is 2.30. The predicted octanol–water partition coefficient (Wildman–Crippen LogP) is -0.138. The molecule has 0 aromatic heterocycles. The Hall–Kier alpha value is -1.14. The van der Waals surface area contributed by atoms with Gasteiger partial charge in [0.05, 0.1) is 11.6 Å². The summed E-state index contributed by atoms with van der Waals surface area (Å²) in [5.74, 6) is -0.841. The zero-order chi connectivity index (χ0) is 13.3. The third-order valence-electron chi connectivity index (χ3n) is 3.79. The van der Waals surface area contributed by atoms with Crippen molar-refractivity contribution in [3.63, 3.8) is 0 Å². The lowest BCUT2D eigenvalue weighted by atomic mass is 9.96. The molecule has 3 unspecified atom stereocenters. The van der Waals surface area contributed by atoms with Crippen LogP contribution in [0.25, 0.3) is 0 Å². The van der Waals surface area contributed by atoms with Gasteiger partial charge in [0.2, 0.25) is 5.91 Å². The van der Waals surface area contributed by atoms with Gasteiger partial charge in [-0.3, -0.25) is 4.79 Å². The van der Waals surface area contributed by atoms with Crippen LogP contribution in [-0.4, -0.2) is 41.3 Å². The van der Waals surface area contributed by atoms with Crippen molar-refractivity contribution in [1.82, 2.24) is 5.32 Å². The summed E-state index contributed by atoms with van der Waals surface area (Å²) in [5, 5.41) is 11.6. The normalized spacial score (nSPS) is 30.8. The molecular formula is C12H20N2O4. The van der Waals surface area contributed by atoms with Crippen LogP contribution in [0.2, 0.25) is 0 Å². The highest BCUT2D eigenvalue weighted by molar-refractivity contribution is 5.86. The molecule has 3 atom stereocenters. The summed E-state index contributed by atoms with van der Waals surface area (Å²) in [4.78, 5) is 22.6. The Balaban J connectivity index is 1.75. The van der Waals surface area contributed by atoms with Gasteiger partial charge in [-0.25, -0.2) is 4.79 Å². The molecule has 6 nitrogen and oxygen atoms in total. The van der Waals surface area contributed by atoms with Crippen molar-refractivity contribution in [2.75, 3.05) is 6.54 Å². The number of aliphatic carboxylic acids is 1. The van der Waals surface area contributed by atoms with Crippen LogP contribution in [0.5, 0.6) is 0 Å². The number of ether oxygens (including phenoxy) is 1. The highest BCUT2D eigenvalue weighted by Crippen LogP contribution is 2.38. The standard InChI is InChI=1S/C12H20N2O4/c1-12(13,7-2-3-7)11(17)14-6-8-4-5-9(18-8)10(15)16/h7-9H,2-6,13H2,1H3,(H,14,17)(H,15,16). The lowest BCUT2D eigenvalue weighted by Crippen LogP contribution is -2.54. The first kappa shape index (κ1) is 13.3. The van der Waals surface area contributed by atoms with E-state index in [1.165, 1.54) is 0 Å². The maximum atomic E-state index is 11.9. The van der Waals surface area contributed by atoms with Crippen LogP contribution in [0.1, 0.15) is 32.6 Å². The summed E-state index contributed by atoms with van der Waals surface area (Å²) < 4.78 is 5.31. The predicted molar refractivity (Wildman–Crippen MR) is 63.9 cm³/mol. The van der Waals surface area contributed by atoms with Crippen molar-refractivity contribution in [1.29, 1.82) is 0 Å². The summed E-state index contributed by atoms with van der Waals surface area (Å²) in [6.45, 7) is 2.08. The Labute approximate surface area is 106 Å². The first-order valence-corrected chi connectivity index (χ1v) is 6.36. The van der Waals surface area contributed by atoms with Crippen molar-refractivity contribution >= 4 is 11.9 Å². The molecule has 1 heterocycles. The molecule has 102 valence electrons. The maximum Gasteiger partial charge on any atom is 0.332 e. The molecule has 2 aliphatic rings. The minimum atomic E-state index is -0.939. The molecule has 2 rings (SSSR count). The van der Waals surface area contributed by atoms with Gasteiger partial charge in [-0.2, -0.15) is 0 Å². The second-order valence-electron chi connectivity index (χ2n) is 5.43. The van der Waals surface area contributed by atoms with Gasteiger partial charge in [0.15, 0.2) is 6.10 Å². The van der Waals surface area contributed by atoms with Crippen LogP contribution in [0.4, 0.5) is 0 Å². The number of carboxylic acid groups (broad SMARTS) is 1. The molecule has 1 aliphatic carbocycles. The zero-order valence-electron chi connectivity index (χ0n) is 10.5. The van der Waals surface area contributed by atoms with Gasteiger partial charge in [-0.1, -0.05) is 0 Å². The van der Waals surface area contributed by atoms with Crippen LogP contribution in [-0.2, 0) is 14.3 Å². The van der Waals surface area contributed by atoms with Crippen LogP contribution in [0, 0.1) is 5.92 Å². The number of rotatable bonds is 5. The van der Waals surface area contributed by atoms with Gasteiger partial charge in [-0.15, -0.1) is 0 Å². The van der Waals surface area contributed by atoms with Gasteiger partial charge < -0.3 is 20.9 Å². The number of carbonyl (C=O) groups is 2. The van der Waals surface area contributed by atoms with Gasteiger partial charge in [0, 0.05) is 6.54 Å². The van der Waals surface area contributed by atoms with Crippen molar-refractivity contribution < 1.29 is 19.4 Å². The molecular weight excluding hydrogens is 236 g/mol. The number of hydrogen-bond acceptors (Lipinski definition) is 4. The quantitative estimate of drug-likeness (QED) is 0.635. The molecule has 0 radical (unpaired) electrons. The summed E-state index contributed by atoms with van der Waals surface area (Å²) in [6, 6.07) is 0. The van der Waals surface area contributed by atoms with Gasteiger partial charge in [0.25, 0.3) is 0 Å². The van der Waals surface area contributed by atoms with E-state index in [4.69, 9.17) is 15.6 Å². The molecule has 0 aromatic rings. The van der Waals surface area contributed by atoms with Crippen LogP contribution < -0.4 is 11.1 Å². The molecule has 0 aromatic carbocycles. The van der Waals surface area contributed by atoms with E-state index in [1.54, 1.807) is 6.92 Å². The van der Waals surface area contributed by atoms with E-state index >= 15 is 0 Å². The topological polar surface area (TPSA) is 102 Å². The number of hydrogen-bond donors (Lipinski definition) is 3. The molecule has 1 saturated heterocycles. The summed E-state index contributed by atoms with van der Waals surface area (Å²) >= 11 is 0. The van der Waals surface area contributed by atoms with Crippen molar-refractivity contribution in [3.05, 3.63) is 0 Å². The van der Waals surface area contributed by atoms with Crippen molar-refractivity contribution in [3.8, 4) is 0 Å². The molecule has 1 amide bonds. The molecule has 18 heavy (non-hydrogen) atoms.